The Hall–Kier alpha value is -2.65. The normalized spacial score (nSPS) is 11.8. The Morgan fingerprint density at radius 2 is 1.92 bits per heavy atom. The van der Waals surface area contributed by atoms with E-state index < -0.39 is 21.5 Å². The summed E-state index contributed by atoms with van der Waals surface area (Å²) >= 11 is 0. The van der Waals surface area contributed by atoms with Crippen molar-refractivity contribution in [2.45, 2.75) is 11.4 Å². The zero-order valence-corrected chi connectivity index (χ0v) is 14.1. The van der Waals surface area contributed by atoms with Crippen LogP contribution in [0.5, 0.6) is 5.75 Å². The fourth-order valence-corrected chi connectivity index (χ4v) is 3.51. The number of nitrogens with zero attached hydrogens (tertiary/aromatic N) is 1. The second kappa shape index (κ2) is 6.69. The van der Waals surface area contributed by atoms with Gasteiger partial charge in [0.05, 0.1) is 23.0 Å². The van der Waals surface area contributed by atoms with Gasteiger partial charge in [-0.15, -0.1) is 0 Å². The summed E-state index contributed by atoms with van der Waals surface area (Å²) in [4.78, 5) is 14.6. The van der Waals surface area contributed by atoms with Crippen LogP contribution in [0.1, 0.15) is 0 Å². The molecule has 3 rings (SSSR count). The molecule has 1 heterocycles. The smallest absolute Gasteiger partial charge is 0.326 e. The monoisotopic (exact) mass is 365 g/mol. The maximum atomic E-state index is 13.2. The van der Waals surface area contributed by atoms with Crippen LogP contribution in [0.15, 0.2) is 52.2 Å². The molecule has 0 saturated carbocycles. The fourth-order valence-electron chi connectivity index (χ4n) is 2.49. The molecule has 0 bridgehead atoms. The number of rotatable bonds is 6. The summed E-state index contributed by atoms with van der Waals surface area (Å²) in [6, 6.07) is 9.90. The van der Waals surface area contributed by atoms with Crippen molar-refractivity contribution in [3.8, 4) is 5.75 Å². The van der Waals surface area contributed by atoms with E-state index in [-0.39, 0.29) is 18.0 Å². The van der Waals surface area contributed by atoms with Crippen molar-refractivity contribution in [2.24, 2.45) is 0 Å². The first-order valence-corrected chi connectivity index (χ1v) is 8.91. The molecule has 0 fully saturated rings. The van der Waals surface area contributed by atoms with Crippen molar-refractivity contribution in [3.63, 3.8) is 0 Å². The number of ether oxygens (including phenoxy) is 1. The summed E-state index contributed by atoms with van der Waals surface area (Å²) in [5.41, 5.74) is 0.447. The van der Waals surface area contributed by atoms with Gasteiger partial charge >= 0.3 is 5.69 Å². The maximum Gasteiger partial charge on any atom is 0.326 e. The zero-order valence-electron chi connectivity index (χ0n) is 13.3. The molecule has 2 aromatic carbocycles. The molecule has 132 valence electrons. The molecule has 0 unspecified atom stereocenters. The Kier molecular flexibility index (Phi) is 4.60. The summed E-state index contributed by atoms with van der Waals surface area (Å²) < 4.78 is 46.5. The number of nitrogens with one attached hydrogen (secondary N) is 2. The number of fused-ring (bicyclic) bond motifs is 1. The van der Waals surface area contributed by atoms with Crippen molar-refractivity contribution in [3.05, 3.63) is 58.8 Å². The van der Waals surface area contributed by atoms with E-state index in [1.54, 1.807) is 12.1 Å². The lowest BCUT2D eigenvalue weighted by atomic mass is 10.3. The SMILES string of the molecule is COc1ccc(S(=O)(=O)NCCn2c(=O)[nH]c3cc(F)ccc32)cc1. The van der Waals surface area contributed by atoms with Gasteiger partial charge in [0.25, 0.3) is 0 Å². The molecule has 0 saturated heterocycles. The summed E-state index contributed by atoms with van der Waals surface area (Å²) in [7, 11) is -2.21. The highest BCUT2D eigenvalue weighted by Gasteiger charge is 2.14. The van der Waals surface area contributed by atoms with Crippen LogP contribution in [0, 0.1) is 5.82 Å². The number of benzene rings is 2. The van der Waals surface area contributed by atoms with Gasteiger partial charge in [-0.1, -0.05) is 0 Å². The predicted molar refractivity (Wildman–Crippen MR) is 90.7 cm³/mol. The lowest BCUT2D eigenvalue weighted by Crippen LogP contribution is -2.30. The highest BCUT2D eigenvalue weighted by molar-refractivity contribution is 7.89. The average Bonchev–Trinajstić information content (AvgIpc) is 2.89. The Balaban J connectivity index is 1.74. The van der Waals surface area contributed by atoms with Crippen molar-refractivity contribution in [1.29, 1.82) is 0 Å². The standard InChI is InChI=1S/C16H16FN3O4S/c1-24-12-3-5-13(6-4-12)25(22,23)18-8-9-20-15-7-2-11(17)10-14(15)19-16(20)21/h2-7,10,18H,8-9H2,1H3,(H,19,21). The number of methoxy groups -OCH3 is 1. The van der Waals surface area contributed by atoms with Crippen molar-refractivity contribution in [2.75, 3.05) is 13.7 Å². The zero-order chi connectivity index (χ0) is 18.0. The molecule has 2 N–H and O–H groups in total. The summed E-state index contributed by atoms with van der Waals surface area (Å²) in [6.45, 7) is 0.123. The lowest BCUT2D eigenvalue weighted by Gasteiger charge is -2.08. The lowest BCUT2D eigenvalue weighted by molar-refractivity contribution is 0.414. The largest absolute Gasteiger partial charge is 0.497 e. The van der Waals surface area contributed by atoms with E-state index in [2.05, 4.69) is 9.71 Å². The summed E-state index contributed by atoms with van der Waals surface area (Å²) in [5.74, 6) is 0.0950. The van der Waals surface area contributed by atoms with Gasteiger partial charge in [-0.05, 0) is 42.5 Å². The average molecular weight is 365 g/mol. The summed E-state index contributed by atoms with van der Waals surface area (Å²) in [5, 5.41) is 0. The van der Waals surface area contributed by atoms with Crippen LogP contribution in [0.3, 0.4) is 0 Å². The molecule has 0 spiro atoms. The number of imidazole rings is 1. The van der Waals surface area contributed by atoms with Gasteiger partial charge in [-0.25, -0.2) is 22.3 Å². The topological polar surface area (TPSA) is 93.2 Å². The molecule has 7 nitrogen and oxygen atoms in total. The Labute approximate surface area is 143 Å². The van der Waals surface area contributed by atoms with Gasteiger partial charge in [-0.3, -0.25) is 4.57 Å². The summed E-state index contributed by atoms with van der Waals surface area (Å²) in [6.07, 6.45) is 0. The van der Waals surface area contributed by atoms with Crippen LogP contribution in [-0.2, 0) is 16.6 Å². The van der Waals surface area contributed by atoms with Crippen LogP contribution in [0.4, 0.5) is 4.39 Å². The fraction of sp³-hybridized carbons (Fsp3) is 0.188. The highest BCUT2D eigenvalue weighted by Crippen LogP contribution is 2.15. The minimum Gasteiger partial charge on any atom is -0.497 e. The molecular weight excluding hydrogens is 349 g/mol. The third-order valence-electron chi connectivity index (χ3n) is 3.73. The minimum absolute atomic E-state index is 0.0125. The van der Waals surface area contributed by atoms with Gasteiger partial charge < -0.3 is 9.72 Å². The van der Waals surface area contributed by atoms with Gasteiger partial charge in [-0.2, -0.15) is 0 Å². The van der Waals surface area contributed by atoms with E-state index >= 15 is 0 Å². The van der Waals surface area contributed by atoms with Crippen LogP contribution >= 0.6 is 0 Å². The predicted octanol–water partition coefficient (Wildman–Crippen LogP) is 1.46. The Morgan fingerprint density at radius 1 is 1.20 bits per heavy atom. The second-order valence-corrected chi connectivity index (χ2v) is 7.08. The quantitative estimate of drug-likeness (QED) is 0.692. The Bertz CT molecular complexity index is 1060. The van der Waals surface area contributed by atoms with Crippen LogP contribution in [0.2, 0.25) is 0 Å². The molecule has 9 heteroatoms. The van der Waals surface area contributed by atoms with Gasteiger partial charge in [0.15, 0.2) is 0 Å². The maximum absolute atomic E-state index is 13.2. The van der Waals surface area contributed by atoms with E-state index in [1.807, 2.05) is 0 Å². The van der Waals surface area contributed by atoms with Crippen molar-refractivity contribution >= 4 is 21.1 Å². The first-order valence-electron chi connectivity index (χ1n) is 7.42. The van der Waals surface area contributed by atoms with Crippen LogP contribution in [0.25, 0.3) is 11.0 Å². The van der Waals surface area contributed by atoms with Gasteiger partial charge in [0.1, 0.15) is 11.6 Å². The third-order valence-corrected chi connectivity index (χ3v) is 5.21. The molecule has 0 atom stereocenters. The van der Waals surface area contributed by atoms with E-state index in [4.69, 9.17) is 4.74 Å². The second-order valence-electron chi connectivity index (χ2n) is 5.32. The molecule has 0 radical (unpaired) electrons. The van der Waals surface area contributed by atoms with Gasteiger partial charge in [0, 0.05) is 13.1 Å². The van der Waals surface area contributed by atoms with Gasteiger partial charge in [0.2, 0.25) is 10.0 Å². The molecular formula is C16H16FN3O4S. The number of H-pyrrole nitrogens is 1. The number of hydrogen-bond acceptors (Lipinski definition) is 4. The van der Waals surface area contributed by atoms with E-state index in [9.17, 15) is 17.6 Å². The van der Waals surface area contributed by atoms with Crippen LogP contribution in [-0.4, -0.2) is 31.6 Å². The number of hydrogen-bond donors (Lipinski definition) is 2. The molecule has 0 amide bonds. The molecule has 1 aromatic heterocycles. The highest BCUT2D eigenvalue weighted by atomic mass is 32.2. The van der Waals surface area contributed by atoms with E-state index in [1.165, 1.54) is 42.0 Å². The molecule has 0 aliphatic heterocycles. The molecule has 0 aliphatic rings. The molecule has 0 aliphatic carbocycles. The van der Waals surface area contributed by atoms with Crippen molar-refractivity contribution < 1.29 is 17.5 Å². The van der Waals surface area contributed by atoms with E-state index in [0.29, 0.717) is 16.8 Å². The third kappa shape index (κ3) is 3.57. The van der Waals surface area contributed by atoms with Crippen molar-refractivity contribution in [1.82, 2.24) is 14.3 Å². The number of aromatic amines is 1. The minimum atomic E-state index is -3.70. The first-order chi connectivity index (χ1) is 11.9. The first kappa shape index (κ1) is 17.2. The number of aromatic nitrogens is 2. The number of sulfonamides is 1. The van der Waals surface area contributed by atoms with E-state index in [0.717, 1.165) is 0 Å². The molecule has 3 aromatic rings. The van der Waals surface area contributed by atoms with Crippen LogP contribution < -0.4 is 15.1 Å². The number of halogens is 1. The Morgan fingerprint density at radius 3 is 2.60 bits per heavy atom. The molecule has 25 heavy (non-hydrogen) atoms.